The zero-order chi connectivity index (χ0) is 15.2. The third-order valence-electron chi connectivity index (χ3n) is 3.44. The van der Waals surface area contributed by atoms with Gasteiger partial charge in [0, 0.05) is 12.2 Å². The molecule has 3 nitrogen and oxygen atoms in total. The molecule has 0 aromatic heterocycles. The van der Waals surface area contributed by atoms with Crippen molar-refractivity contribution in [3.05, 3.63) is 29.6 Å². The molecule has 0 fully saturated rings. The minimum absolute atomic E-state index is 0.0552. The van der Waals surface area contributed by atoms with E-state index in [1.807, 2.05) is 0 Å². The van der Waals surface area contributed by atoms with Crippen LogP contribution < -0.4 is 11.1 Å². The summed E-state index contributed by atoms with van der Waals surface area (Å²) < 4.78 is 12.9. The normalized spacial score (nSPS) is 11.4. The fourth-order valence-electron chi connectivity index (χ4n) is 2.10. The molecule has 1 aromatic carbocycles. The Morgan fingerprint density at radius 3 is 2.65 bits per heavy atom. The zero-order valence-corrected chi connectivity index (χ0v) is 12.6. The lowest BCUT2D eigenvalue weighted by Gasteiger charge is -2.25. The first-order chi connectivity index (χ1) is 9.35. The van der Waals surface area contributed by atoms with Crippen LogP contribution in [0.25, 0.3) is 0 Å². The summed E-state index contributed by atoms with van der Waals surface area (Å²) in [6.45, 7) is 7.03. The van der Waals surface area contributed by atoms with E-state index in [1.165, 1.54) is 31.0 Å². The first-order valence-corrected chi connectivity index (χ1v) is 7.19. The summed E-state index contributed by atoms with van der Waals surface area (Å²) in [6.07, 6.45) is 4.63. The molecule has 1 rings (SSSR count). The lowest BCUT2D eigenvalue weighted by atomic mass is 9.87. The Bertz CT molecular complexity index is 458. The molecule has 0 bridgehead atoms. The maximum Gasteiger partial charge on any atom is 0.253 e. The maximum absolute atomic E-state index is 12.9. The number of amides is 1. The Labute approximate surface area is 120 Å². The summed E-state index contributed by atoms with van der Waals surface area (Å²) in [7, 11) is 0. The number of rotatable bonds is 7. The van der Waals surface area contributed by atoms with Crippen LogP contribution in [0.2, 0.25) is 0 Å². The average molecular weight is 280 g/mol. The predicted octanol–water partition coefficient (Wildman–Crippen LogP) is 3.74. The van der Waals surface area contributed by atoms with Gasteiger partial charge in [0.05, 0.1) is 5.56 Å². The molecule has 0 heterocycles. The number of anilines is 1. The molecule has 1 amide bonds. The van der Waals surface area contributed by atoms with Crippen LogP contribution in [-0.4, -0.2) is 12.5 Å². The minimum Gasteiger partial charge on any atom is -0.398 e. The molecule has 0 aliphatic rings. The van der Waals surface area contributed by atoms with Crippen molar-refractivity contribution in [3.63, 3.8) is 0 Å². The van der Waals surface area contributed by atoms with E-state index in [-0.39, 0.29) is 17.0 Å². The van der Waals surface area contributed by atoms with Gasteiger partial charge >= 0.3 is 0 Å². The van der Waals surface area contributed by atoms with Crippen molar-refractivity contribution in [2.24, 2.45) is 5.41 Å². The van der Waals surface area contributed by atoms with Crippen molar-refractivity contribution in [2.45, 2.75) is 46.5 Å². The highest BCUT2D eigenvalue weighted by Crippen LogP contribution is 2.23. The van der Waals surface area contributed by atoms with E-state index < -0.39 is 5.82 Å². The second kappa shape index (κ2) is 7.27. The maximum atomic E-state index is 12.9. The largest absolute Gasteiger partial charge is 0.398 e. The smallest absolute Gasteiger partial charge is 0.253 e. The van der Waals surface area contributed by atoms with Crippen LogP contribution in [0.15, 0.2) is 18.2 Å². The van der Waals surface area contributed by atoms with Crippen molar-refractivity contribution in [3.8, 4) is 0 Å². The summed E-state index contributed by atoms with van der Waals surface area (Å²) in [5, 5.41) is 2.89. The standard InChI is InChI=1S/C16H25FN2O/c1-4-5-6-9-16(2,3)11-19-15(20)13-8-7-12(17)10-14(13)18/h7-8,10H,4-6,9,11,18H2,1-3H3,(H,19,20). The number of halogens is 1. The van der Waals surface area contributed by atoms with Crippen LogP contribution in [0.4, 0.5) is 10.1 Å². The Hall–Kier alpha value is -1.58. The summed E-state index contributed by atoms with van der Waals surface area (Å²) in [4.78, 5) is 12.0. The number of unbranched alkanes of at least 4 members (excludes halogenated alkanes) is 2. The van der Waals surface area contributed by atoms with Crippen molar-refractivity contribution in [2.75, 3.05) is 12.3 Å². The first-order valence-electron chi connectivity index (χ1n) is 7.19. The number of nitrogens with one attached hydrogen (secondary N) is 1. The Kier molecular flexibility index (Phi) is 5.99. The fourth-order valence-corrected chi connectivity index (χ4v) is 2.10. The topological polar surface area (TPSA) is 55.1 Å². The van der Waals surface area contributed by atoms with E-state index in [9.17, 15) is 9.18 Å². The van der Waals surface area contributed by atoms with Gasteiger partial charge in [-0.25, -0.2) is 4.39 Å². The van der Waals surface area contributed by atoms with Gasteiger partial charge in [-0.3, -0.25) is 4.79 Å². The van der Waals surface area contributed by atoms with Gasteiger partial charge in [-0.15, -0.1) is 0 Å². The molecule has 0 saturated heterocycles. The Balaban J connectivity index is 2.54. The number of nitrogen functional groups attached to an aromatic ring is 1. The average Bonchev–Trinajstić information content (AvgIpc) is 2.36. The lowest BCUT2D eigenvalue weighted by molar-refractivity contribution is 0.0935. The number of hydrogen-bond donors (Lipinski definition) is 2. The molecule has 0 aliphatic heterocycles. The molecular weight excluding hydrogens is 255 g/mol. The third kappa shape index (κ3) is 5.19. The summed E-state index contributed by atoms with van der Waals surface area (Å²) >= 11 is 0. The third-order valence-corrected chi connectivity index (χ3v) is 3.44. The van der Waals surface area contributed by atoms with E-state index >= 15 is 0 Å². The van der Waals surface area contributed by atoms with Gasteiger partial charge in [-0.1, -0.05) is 40.0 Å². The van der Waals surface area contributed by atoms with Crippen LogP contribution >= 0.6 is 0 Å². The van der Waals surface area contributed by atoms with Gasteiger partial charge in [0.2, 0.25) is 0 Å². The number of carbonyl (C=O) groups excluding carboxylic acids is 1. The van der Waals surface area contributed by atoms with E-state index in [1.54, 1.807) is 0 Å². The number of hydrogen-bond acceptors (Lipinski definition) is 2. The first kappa shape index (κ1) is 16.5. The van der Waals surface area contributed by atoms with Crippen LogP contribution in [0.1, 0.15) is 56.8 Å². The fraction of sp³-hybridized carbons (Fsp3) is 0.562. The van der Waals surface area contributed by atoms with Crippen molar-refractivity contribution >= 4 is 11.6 Å². The van der Waals surface area contributed by atoms with Crippen molar-refractivity contribution in [1.29, 1.82) is 0 Å². The van der Waals surface area contributed by atoms with E-state index in [2.05, 4.69) is 26.1 Å². The molecule has 0 atom stereocenters. The molecule has 4 heteroatoms. The molecule has 0 saturated carbocycles. The van der Waals surface area contributed by atoms with Gasteiger partial charge in [0.1, 0.15) is 5.82 Å². The van der Waals surface area contributed by atoms with Gasteiger partial charge in [0.25, 0.3) is 5.91 Å². The Morgan fingerprint density at radius 1 is 1.35 bits per heavy atom. The molecule has 0 aliphatic carbocycles. The number of benzene rings is 1. The van der Waals surface area contributed by atoms with Crippen molar-refractivity contribution in [1.82, 2.24) is 5.32 Å². The van der Waals surface area contributed by atoms with Crippen molar-refractivity contribution < 1.29 is 9.18 Å². The molecule has 1 aromatic rings. The molecule has 3 N–H and O–H groups in total. The second-order valence-electron chi connectivity index (χ2n) is 6.04. The Morgan fingerprint density at radius 2 is 2.05 bits per heavy atom. The molecule has 20 heavy (non-hydrogen) atoms. The molecular formula is C16H25FN2O. The quantitative estimate of drug-likeness (QED) is 0.590. The highest BCUT2D eigenvalue weighted by atomic mass is 19.1. The molecule has 112 valence electrons. The lowest BCUT2D eigenvalue weighted by Crippen LogP contribution is -2.34. The van der Waals surface area contributed by atoms with Gasteiger partial charge in [-0.2, -0.15) is 0 Å². The zero-order valence-electron chi connectivity index (χ0n) is 12.6. The predicted molar refractivity (Wildman–Crippen MR) is 81.1 cm³/mol. The SMILES string of the molecule is CCCCCC(C)(C)CNC(=O)c1ccc(F)cc1N. The van der Waals surface area contributed by atoms with Crippen LogP contribution in [0.5, 0.6) is 0 Å². The van der Waals surface area contributed by atoms with Crippen LogP contribution in [0.3, 0.4) is 0 Å². The monoisotopic (exact) mass is 280 g/mol. The minimum atomic E-state index is -0.432. The molecule has 0 radical (unpaired) electrons. The summed E-state index contributed by atoms with van der Waals surface area (Å²) in [5.41, 5.74) is 6.22. The molecule has 0 spiro atoms. The number of carbonyl (C=O) groups is 1. The van der Waals surface area contributed by atoms with E-state index in [0.717, 1.165) is 12.8 Å². The van der Waals surface area contributed by atoms with Crippen LogP contribution in [0, 0.1) is 11.2 Å². The van der Waals surface area contributed by atoms with Gasteiger partial charge < -0.3 is 11.1 Å². The van der Waals surface area contributed by atoms with Gasteiger partial charge in [0.15, 0.2) is 0 Å². The second-order valence-corrected chi connectivity index (χ2v) is 6.04. The van der Waals surface area contributed by atoms with Gasteiger partial charge in [-0.05, 0) is 30.0 Å². The summed E-state index contributed by atoms with van der Waals surface area (Å²) in [6, 6.07) is 3.84. The van der Waals surface area contributed by atoms with Crippen LogP contribution in [-0.2, 0) is 0 Å². The molecule has 0 unspecified atom stereocenters. The van der Waals surface area contributed by atoms with E-state index in [4.69, 9.17) is 5.73 Å². The highest BCUT2D eigenvalue weighted by molar-refractivity contribution is 5.99. The highest BCUT2D eigenvalue weighted by Gasteiger charge is 2.19. The van der Waals surface area contributed by atoms with E-state index in [0.29, 0.717) is 12.1 Å². The summed E-state index contributed by atoms with van der Waals surface area (Å²) in [5.74, 6) is -0.676. The number of nitrogens with two attached hydrogens (primary N) is 1.